The van der Waals surface area contributed by atoms with Crippen molar-refractivity contribution in [1.29, 1.82) is 0 Å². The Morgan fingerprint density at radius 2 is 1.95 bits per heavy atom. The molecule has 0 heterocycles. The second kappa shape index (κ2) is 6.57. The number of aryl methyl sites for hydroxylation is 2. The summed E-state index contributed by atoms with van der Waals surface area (Å²) in [5, 5.41) is 0. The third-order valence-corrected chi connectivity index (χ3v) is 3.62. The van der Waals surface area contributed by atoms with E-state index in [9.17, 15) is 4.79 Å². The van der Waals surface area contributed by atoms with Crippen molar-refractivity contribution >= 4 is 5.91 Å². The maximum atomic E-state index is 11.5. The molecule has 2 N–H and O–H groups in total. The number of ether oxygens (including phenoxy) is 1. The van der Waals surface area contributed by atoms with Gasteiger partial charge in [-0.3, -0.25) is 4.79 Å². The molecule has 1 amide bonds. The first kappa shape index (κ1) is 15.5. The molecule has 106 valence electrons. The van der Waals surface area contributed by atoms with Crippen molar-refractivity contribution in [3.05, 3.63) is 28.3 Å². The summed E-state index contributed by atoms with van der Waals surface area (Å²) < 4.78 is 5.53. The number of carbonyl (C=O) groups excluding carboxylic acids is 1. The van der Waals surface area contributed by atoms with Gasteiger partial charge in [0.15, 0.2) is 0 Å². The average molecular weight is 264 g/mol. The zero-order valence-electron chi connectivity index (χ0n) is 12.5. The van der Waals surface area contributed by atoms with Crippen LogP contribution in [0.4, 0.5) is 0 Å². The number of hydrogen-bond acceptors (Lipinski definition) is 3. The molecule has 0 aromatic heterocycles. The Morgan fingerprint density at radius 3 is 2.47 bits per heavy atom. The maximum Gasteiger partial charge on any atom is 0.236 e. The van der Waals surface area contributed by atoms with Gasteiger partial charge in [-0.15, -0.1) is 0 Å². The van der Waals surface area contributed by atoms with Gasteiger partial charge in [-0.05, 0) is 49.4 Å². The molecule has 0 unspecified atom stereocenters. The monoisotopic (exact) mass is 264 g/mol. The first-order chi connectivity index (χ1) is 8.92. The highest BCUT2D eigenvalue weighted by Crippen LogP contribution is 2.29. The number of rotatable bonds is 5. The summed E-state index contributed by atoms with van der Waals surface area (Å²) in [5.74, 6) is 0.895. The van der Waals surface area contributed by atoms with Crippen LogP contribution in [0.1, 0.15) is 22.3 Å². The molecule has 4 nitrogen and oxygen atoms in total. The smallest absolute Gasteiger partial charge is 0.236 e. The minimum Gasteiger partial charge on any atom is -0.496 e. The zero-order valence-corrected chi connectivity index (χ0v) is 12.5. The SMILES string of the molecule is COc1c(C)c(C)cc(C)c1CCN(C)C(=O)CN. The molecule has 0 aliphatic carbocycles. The van der Waals surface area contributed by atoms with Gasteiger partial charge in [-0.2, -0.15) is 0 Å². The topological polar surface area (TPSA) is 55.6 Å². The molecule has 0 spiro atoms. The van der Waals surface area contributed by atoms with Gasteiger partial charge >= 0.3 is 0 Å². The molecule has 4 heteroatoms. The van der Waals surface area contributed by atoms with Crippen LogP contribution in [0.2, 0.25) is 0 Å². The van der Waals surface area contributed by atoms with E-state index < -0.39 is 0 Å². The van der Waals surface area contributed by atoms with E-state index in [2.05, 4.69) is 26.8 Å². The van der Waals surface area contributed by atoms with Gasteiger partial charge < -0.3 is 15.4 Å². The predicted octanol–water partition coefficient (Wildman–Crippen LogP) is 1.58. The highest BCUT2D eigenvalue weighted by molar-refractivity contribution is 5.77. The summed E-state index contributed by atoms with van der Waals surface area (Å²) in [6.45, 7) is 6.93. The zero-order chi connectivity index (χ0) is 14.6. The molecule has 1 aromatic rings. The van der Waals surface area contributed by atoms with Crippen molar-refractivity contribution in [2.75, 3.05) is 27.2 Å². The molecule has 0 saturated heterocycles. The van der Waals surface area contributed by atoms with Gasteiger partial charge in [-0.25, -0.2) is 0 Å². The van der Waals surface area contributed by atoms with E-state index in [-0.39, 0.29) is 12.5 Å². The van der Waals surface area contributed by atoms with Crippen LogP contribution in [-0.4, -0.2) is 38.1 Å². The lowest BCUT2D eigenvalue weighted by Crippen LogP contribution is -2.34. The third kappa shape index (κ3) is 3.47. The van der Waals surface area contributed by atoms with Crippen molar-refractivity contribution < 1.29 is 9.53 Å². The van der Waals surface area contributed by atoms with E-state index in [1.165, 1.54) is 16.7 Å². The standard InChI is InChI=1S/C15H24N2O2/c1-10-8-11(2)13(15(19-5)12(10)3)6-7-17(4)14(18)9-16/h8H,6-7,9,16H2,1-5H3. The van der Waals surface area contributed by atoms with E-state index in [4.69, 9.17) is 10.5 Å². The van der Waals surface area contributed by atoms with Crippen LogP contribution < -0.4 is 10.5 Å². The Balaban J connectivity index is 2.95. The number of hydrogen-bond donors (Lipinski definition) is 1. The molecule has 19 heavy (non-hydrogen) atoms. The number of methoxy groups -OCH3 is 1. The fraction of sp³-hybridized carbons (Fsp3) is 0.533. The molecule has 0 atom stereocenters. The van der Waals surface area contributed by atoms with Crippen LogP contribution in [0, 0.1) is 20.8 Å². The Labute approximate surface area is 115 Å². The maximum absolute atomic E-state index is 11.5. The highest BCUT2D eigenvalue weighted by Gasteiger charge is 2.14. The van der Waals surface area contributed by atoms with E-state index in [0.717, 1.165) is 17.7 Å². The predicted molar refractivity (Wildman–Crippen MR) is 77.6 cm³/mol. The number of nitrogens with zero attached hydrogens (tertiary/aromatic N) is 1. The van der Waals surface area contributed by atoms with Crippen LogP contribution in [0.3, 0.4) is 0 Å². The van der Waals surface area contributed by atoms with Gasteiger partial charge in [-0.1, -0.05) is 6.07 Å². The summed E-state index contributed by atoms with van der Waals surface area (Å²) in [7, 11) is 3.47. The minimum absolute atomic E-state index is 0.0412. The van der Waals surface area contributed by atoms with Crippen molar-refractivity contribution in [2.45, 2.75) is 27.2 Å². The van der Waals surface area contributed by atoms with Gasteiger partial charge in [0.25, 0.3) is 0 Å². The number of nitrogens with two attached hydrogens (primary N) is 1. The molecule has 0 aliphatic rings. The second-order valence-corrected chi connectivity index (χ2v) is 4.92. The molecular weight excluding hydrogens is 240 g/mol. The third-order valence-electron chi connectivity index (χ3n) is 3.62. The molecule has 0 aliphatic heterocycles. The first-order valence-corrected chi connectivity index (χ1v) is 6.50. The fourth-order valence-electron chi connectivity index (χ4n) is 2.25. The van der Waals surface area contributed by atoms with Crippen molar-refractivity contribution in [3.63, 3.8) is 0 Å². The van der Waals surface area contributed by atoms with Crippen LogP contribution in [0.15, 0.2) is 6.07 Å². The molecule has 0 bridgehead atoms. The average Bonchev–Trinajstić information content (AvgIpc) is 2.39. The van der Waals surface area contributed by atoms with E-state index in [1.54, 1.807) is 19.1 Å². The molecule has 0 saturated carbocycles. The summed E-state index contributed by atoms with van der Waals surface area (Å²) in [6, 6.07) is 2.16. The van der Waals surface area contributed by atoms with Crippen molar-refractivity contribution in [1.82, 2.24) is 4.90 Å². The summed E-state index contributed by atoms with van der Waals surface area (Å²) in [5.41, 5.74) is 10.1. The Hall–Kier alpha value is -1.55. The van der Waals surface area contributed by atoms with Gasteiger partial charge in [0.1, 0.15) is 5.75 Å². The number of carbonyl (C=O) groups is 1. The summed E-state index contributed by atoms with van der Waals surface area (Å²) in [6.07, 6.45) is 0.776. The van der Waals surface area contributed by atoms with Crippen LogP contribution in [0.25, 0.3) is 0 Å². The summed E-state index contributed by atoms with van der Waals surface area (Å²) in [4.78, 5) is 13.1. The molecule has 0 radical (unpaired) electrons. The van der Waals surface area contributed by atoms with Gasteiger partial charge in [0, 0.05) is 13.6 Å². The van der Waals surface area contributed by atoms with Gasteiger partial charge in [0.2, 0.25) is 5.91 Å². The fourth-order valence-corrected chi connectivity index (χ4v) is 2.25. The summed E-state index contributed by atoms with van der Waals surface area (Å²) >= 11 is 0. The highest BCUT2D eigenvalue weighted by atomic mass is 16.5. The lowest BCUT2D eigenvalue weighted by Gasteiger charge is -2.20. The molecule has 1 rings (SSSR count). The van der Waals surface area contributed by atoms with E-state index >= 15 is 0 Å². The van der Waals surface area contributed by atoms with Crippen LogP contribution in [-0.2, 0) is 11.2 Å². The number of likely N-dealkylation sites (N-methyl/N-ethyl adjacent to an activating group) is 1. The van der Waals surface area contributed by atoms with E-state index in [1.807, 2.05) is 0 Å². The number of amides is 1. The van der Waals surface area contributed by atoms with Crippen LogP contribution in [0.5, 0.6) is 5.75 Å². The van der Waals surface area contributed by atoms with Gasteiger partial charge in [0.05, 0.1) is 13.7 Å². The Morgan fingerprint density at radius 1 is 1.32 bits per heavy atom. The number of benzene rings is 1. The lowest BCUT2D eigenvalue weighted by molar-refractivity contribution is -0.128. The second-order valence-electron chi connectivity index (χ2n) is 4.92. The molecule has 1 aromatic carbocycles. The normalized spacial score (nSPS) is 10.4. The van der Waals surface area contributed by atoms with E-state index in [0.29, 0.717) is 6.54 Å². The van der Waals surface area contributed by atoms with Crippen LogP contribution >= 0.6 is 0 Å². The van der Waals surface area contributed by atoms with Crippen molar-refractivity contribution in [3.8, 4) is 5.75 Å². The molecular formula is C15H24N2O2. The first-order valence-electron chi connectivity index (χ1n) is 6.50. The lowest BCUT2D eigenvalue weighted by atomic mass is 9.97. The molecule has 0 fully saturated rings. The van der Waals surface area contributed by atoms with Crippen molar-refractivity contribution in [2.24, 2.45) is 5.73 Å². The Bertz CT molecular complexity index is 470. The quantitative estimate of drug-likeness (QED) is 0.878. The Kier molecular flexibility index (Phi) is 5.36. The largest absolute Gasteiger partial charge is 0.496 e. The minimum atomic E-state index is -0.0412.